The van der Waals surface area contributed by atoms with Crippen LogP contribution in [0.15, 0.2) is 70.8 Å². The highest BCUT2D eigenvalue weighted by molar-refractivity contribution is 7.90. The number of unbranched alkanes of at least 4 members (excludes halogenated alkanes) is 15. The van der Waals surface area contributed by atoms with Crippen molar-refractivity contribution < 1.29 is 27.9 Å². The first kappa shape index (κ1) is 38.6. The fourth-order valence-corrected chi connectivity index (χ4v) is 7.94. The van der Waals surface area contributed by atoms with Gasteiger partial charge in [0, 0.05) is 12.7 Å². The molecule has 0 fully saturated rings. The van der Waals surface area contributed by atoms with Crippen LogP contribution in [0.25, 0.3) is 0 Å². The second kappa shape index (κ2) is 19.9. The van der Waals surface area contributed by atoms with Crippen LogP contribution in [0.1, 0.15) is 126 Å². The van der Waals surface area contributed by atoms with Gasteiger partial charge < -0.3 is 15.2 Å². The van der Waals surface area contributed by atoms with E-state index in [1.807, 2.05) is 0 Å². The summed E-state index contributed by atoms with van der Waals surface area (Å²) in [5.41, 5.74) is 0.412. The third kappa shape index (κ3) is 10.7. The van der Waals surface area contributed by atoms with Crippen LogP contribution in [0.5, 0.6) is 5.75 Å². The molecule has 0 spiro atoms. The summed E-state index contributed by atoms with van der Waals surface area (Å²) in [5, 5.41) is 16.6. The highest BCUT2D eigenvalue weighted by atomic mass is 32.2. The number of nitrogens with one attached hydrogen (secondary N) is 1. The number of amides is 1. The number of hydrogen-bond acceptors (Lipinski definition) is 7. The number of aliphatic imine (C=N–C) groups is 1. The lowest BCUT2D eigenvalue weighted by atomic mass is 10.0. The molecule has 2 aromatic carbocycles. The van der Waals surface area contributed by atoms with E-state index in [9.17, 15) is 23.1 Å². The van der Waals surface area contributed by atoms with Crippen LogP contribution < -0.4 is 10.1 Å². The fourth-order valence-electron chi connectivity index (χ4n) is 6.32. The van der Waals surface area contributed by atoms with Crippen molar-refractivity contribution in [3.8, 4) is 5.75 Å². The zero-order valence-corrected chi connectivity index (χ0v) is 30.4. The number of ether oxygens (including phenoxy) is 1. The van der Waals surface area contributed by atoms with Crippen LogP contribution in [0.3, 0.4) is 0 Å². The number of nitrogens with zero attached hydrogens (tertiary/aromatic N) is 4. The lowest BCUT2D eigenvalue weighted by Gasteiger charge is -2.33. The molecule has 0 radical (unpaired) electrons. The largest absolute Gasteiger partial charge is 0.495 e. The minimum atomic E-state index is -4.09. The number of fused-ring (bicyclic) bond motifs is 1. The average Bonchev–Trinajstić information content (AvgIpc) is 3.60. The minimum Gasteiger partial charge on any atom is -0.495 e. The Morgan fingerprint density at radius 2 is 1.38 bits per heavy atom. The summed E-state index contributed by atoms with van der Waals surface area (Å²) in [5.74, 6) is -1.54. The van der Waals surface area contributed by atoms with E-state index in [4.69, 9.17) is 9.73 Å². The first-order valence-corrected chi connectivity index (χ1v) is 19.6. The summed E-state index contributed by atoms with van der Waals surface area (Å²) >= 11 is 0. The standard InChI is InChI=1S/C38H53N5O6S/c1-3-4-5-6-7-8-9-10-11-12-13-14-15-16-17-22-27-43-36(40-32-24-19-21-26-34(32)50(43,47)48)35(42-29-30(28-39-42)38(45)46)37(44)41-31-23-18-20-25-33(31)49-2/h18-21,23-26,28-29,35H,3-17,22,27H2,1-2H3,(H,41,44)(H,45,46). The second-order valence-electron chi connectivity index (χ2n) is 12.9. The number of sulfonamides is 1. The lowest BCUT2D eigenvalue weighted by molar-refractivity contribution is -0.117. The van der Waals surface area contributed by atoms with Gasteiger partial charge in [0.25, 0.3) is 15.9 Å². The Labute approximate surface area is 297 Å². The molecule has 1 amide bonds. The quantitative estimate of drug-likeness (QED) is 0.0938. The molecule has 0 saturated heterocycles. The molecule has 0 saturated carbocycles. The van der Waals surface area contributed by atoms with Gasteiger partial charge >= 0.3 is 5.97 Å². The van der Waals surface area contributed by atoms with Gasteiger partial charge in [-0.2, -0.15) is 5.10 Å². The van der Waals surface area contributed by atoms with E-state index in [2.05, 4.69) is 17.3 Å². The summed E-state index contributed by atoms with van der Waals surface area (Å²) < 4.78 is 36.0. The molecular formula is C38H53N5O6S. The maximum atomic E-state index is 14.1. The summed E-state index contributed by atoms with van der Waals surface area (Å²) in [6, 6.07) is 11.8. The van der Waals surface area contributed by atoms with Crippen LogP contribution in [0.4, 0.5) is 11.4 Å². The van der Waals surface area contributed by atoms with Gasteiger partial charge in [-0.15, -0.1) is 0 Å². The summed E-state index contributed by atoms with van der Waals surface area (Å²) in [6.45, 7) is 2.36. The number of carbonyl (C=O) groups excluding carboxylic acids is 1. The van der Waals surface area contributed by atoms with E-state index in [0.29, 0.717) is 17.9 Å². The first-order chi connectivity index (χ1) is 24.3. The highest BCUT2D eigenvalue weighted by Gasteiger charge is 2.41. The third-order valence-electron chi connectivity index (χ3n) is 9.11. The molecule has 11 nitrogen and oxygen atoms in total. The van der Waals surface area contributed by atoms with Gasteiger partial charge in [0.1, 0.15) is 10.6 Å². The Balaban J connectivity index is 1.41. The molecule has 1 aliphatic rings. The number of hydrogen-bond donors (Lipinski definition) is 2. The van der Waals surface area contributed by atoms with Gasteiger partial charge in [-0.3, -0.25) is 13.8 Å². The van der Waals surface area contributed by atoms with Crippen LogP contribution in [-0.4, -0.2) is 59.0 Å². The molecular weight excluding hydrogens is 655 g/mol. The van der Waals surface area contributed by atoms with Crippen LogP contribution in [0, 0.1) is 0 Å². The maximum Gasteiger partial charge on any atom is 0.338 e. The number of methoxy groups -OCH3 is 1. The number of benzene rings is 2. The number of anilines is 1. The molecule has 2 N–H and O–H groups in total. The van der Waals surface area contributed by atoms with Crippen molar-refractivity contribution in [3.05, 3.63) is 66.5 Å². The zero-order chi connectivity index (χ0) is 35.8. The molecule has 0 bridgehead atoms. The van der Waals surface area contributed by atoms with Crippen molar-refractivity contribution in [2.75, 3.05) is 19.0 Å². The van der Waals surface area contributed by atoms with Gasteiger partial charge in [0.2, 0.25) is 0 Å². The Hall–Kier alpha value is -4.19. The number of rotatable bonds is 23. The average molecular weight is 708 g/mol. The zero-order valence-electron chi connectivity index (χ0n) is 29.6. The highest BCUT2D eigenvalue weighted by Crippen LogP contribution is 2.36. The SMILES string of the molecule is CCCCCCCCCCCCCCCCCCN1C(C(C(=O)Nc2ccccc2OC)n2cc(C(=O)O)cn2)=Nc2ccccc2S1(=O)=O. The van der Waals surface area contributed by atoms with E-state index >= 15 is 0 Å². The van der Waals surface area contributed by atoms with E-state index in [0.717, 1.165) is 36.6 Å². The van der Waals surface area contributed by atoms with E-state index in [1.54, 1.807) is 42.5 Å². The van der Waals surface area contributed by atoms with E-state index < -0.39 is 27.9 Å². The fraction of sp³-hybridized carbons (Fsp3) is 0.526. The van der Waals surface area contributed by atoms with Crippen molar-refractivity contribution in [2.24, 2.45) is 4.99 Å². The van der Waals surface area contributed by atoms with E-state index in [1.165, 1.54) is 94.3 Å². The van der Waals surface area contributed by atoms with E-state index in [-0.39, 0.29) is 28.5 Å². The normalized spacial score (nSPS) is 14.1. The van der Waals surface area contributed by atoms with Gasteiger partial charge in [-0.25, -0.2) is 18.2 Å². The molecule has 4 rings (SSSR count). The number of aromatic nitrogens is 2. The van der Waals surface area contributed by atoms with Gasteiger partial charge in [-0.1, -0.05) is 128 Å². The van der Waals surface area contributed by atoms with Gasteiger partial charge in [0.15, 0.2) is 11.9 Å². The minimum absolute atomic E-state index is 0.0517. The monoisotopic (exact) mass is 707 g/mol. The molecule has 272 valence electrons. The van der Waals surface area contributed by atoms with Gasteiger partial charge in [-0.05, 0) is 30.7 Å². The molecule has 50 heavy (non-hydrogen) atoms. The number of carboxylic acids is 1. The predicted molar refractivity (Wildman–Crippen MR) is 197 cm³/mol. The molecule has 1 aromatic heterocycles. The molecule has 1 atom stereocenters. The van der Waals surface area contributed by atoms with Crippen molar-refractivity contribution in [1.29, 1.82) is 0 Å². The summed E-state index contributed by atoms with van der Waals surface area (Å²) in [7, 11) is -2.62. The number of carbonyl (C=O) groups is 2. The Kier molecular flexibility index (Phi) is 15.3. The third-order valence-corrected chi connectivity index (χ3v) is 11.0. The van der Waals surface area contributed by atoms with Crippen LogP contribution >= 0.6 is 0 Å². The van der Waals surface area contributed by atoms with Crippen molar-refractivity contribution in [1.82, 2.24) is 14.1 Å². The molecule has 0 aliphatic carbocycles. The van der Waals surface area contributed by atoms with Crippen molar-refractivity contribution in [2.45, 2.75) is 121 Å². The maximum absolute atomic E-state index is 14.1. The van der Waals surface area contributed by atoms with Crippen LogP contribution in [0.2, 0.25) is 0 Å². The summed E-state index contributed by atoms with van der Waals surface area (Å²) in [4.78, 5) is 30.6. The van der Waals surface area contributed by atoms with Gasteiger partial charge in [0.05, 0.1) is 30.2 Å². The van der Waals surface area contributed by atoms with Crippen LogP contribution in [-0.2, 0) is 14.8 Å². The smallest absolute Gasteiger partial charge is 0.338 e. The Bertz CT molecular complexity index is 1670. The molecule has 1 aliphatic heterocycles. The lowest BCUT2D eigenvalue weighted by Crippen LogP contribution is -2.47. The van der Waals surface area contributed by atoms with Crippen molar-refractivity contribution >= 4 is 39.1 Å². The molecule has 1 unspecified atom stereocenters. The first-order valence-electron chi connectivity index (χ1n) is 18.2. The number of para-hydroxylation sites is 3. The predicted octanol–water partition coefficient (Wildman–Crippen LogP) is 8.77. The second-order valence-corrected chi connectivity index (χ2v) is 14.8. The van der Waals surface area contributed by atoms with Crippen molar-refractivity contribution in [3.63, 3.8) is 0 Å². The number of carboxylic acid groups (broad SMARTS) is 1. The molecule has 2 heterocycles. The topological polar surface area (TPSA) is 143 Å². The molecule has 3 aromatic rings. The Morgan fingerprint density at radius 1 is 0.820 bits per heavy atom. The Morgan fingerprint density at radius 3 is 1.96 bits per heavy atom. The number of amidine groups is 1. The number of aromatic carboxylic acids is 1. The molecule has 12 heteroatoms. The summed E-state index contributed by atoms with van der Waals surface area (Å²) in [6.07, 6.45) is 21.5.